The molecule has 0 radical (unpaired) electrons. The van der Waals surface area contributed by atoms with Gasteiger partial charge in [-0.15, -0.1) is 11.3 Å². The molecule has 29 heavy (non-hydrogen) atoms. The van der Waals surface area contributed by atoms with Gasteiger partial charge in [-0.05, 0) is 36.8 Å². The number of aromatic nitrogens is 2. The van der Waals surface area contributed by atoms with Crippen molar-refractivity contribution in [2.75, 3.05) is 13.1 Å². The Morgan fingerprint density at radius 3 is 2.62 bits per heavy atom. The Morgan fingerprint density at radius 1 is 1.24 bits per heavy atom. The van der Waals surface area contributed by atoms with Crippen LogP contribution in [0.25, 0.3) is 10.2 Å². The van der Waals surface area contributed by atoms with E-state index in [9.17, 15) is 14.0 Å². The van der Waals surface area contributed by atoms with Crippen LogP contribution in [0, 0.1) is 24.6 Å². The number of carbonyl (C=O) groups excluding carboxylic acids is 1. The second-order valence-corrected chi connectivity index (χ2v) is 9.16. The highest BCUT2D eigenvalue weighted by Crippen LogP contribution is 2.30. The first-order valence-electron chi connectivity index (χ1n) is 9.86. The Morgan fingerprint density at radius 2 is 1.93 bits per heavy atom. The van der Waals surface area contributed by atoms with Crippen molar-refractivity contribution in [3.05, 3.63) is 62.8 Å². The van der Waals surface area contributed by atoms with E-state index in [0.29, 0.717) is 38.1 Å². The van der Waals surface area contributed by atoms with Crippen molar-refractivity contribution in [1.82, 2.24) is 14.5 Å². The van der Waals surface area contributed by atoms with E-state index in [4.69, 9.17) is 0 Å². The number of piperidine rings is 1. The molecule has 0 bridgehead atoms. The van der Waals surface area contributed by atoms with Crippen molar-refractivity contribution in [1.29, 1.82) is 0 Å². The van der Waals surface area contributed by atoms with Crippen molar-refractivity contribution >= 4 is 27.5 Å². The molecule has 4 rings (SSSR count). The summed E-state index contributed by atoms with van der Waals surface area (Å²) in [7, 11) is 0. The lowest BCUT2D eigenvalue weighted by molar-refractivity contribution is 0.0627. The van der Waals surface area contributed by atoms with Gasteiger partial charge in [0.15, 0.2) is 0 Å². The molecule has 1 amide bonds. The minimum atomic E-state index is -0.356. The number of hydrogen-bond acceptors (Lipinski definition) is 4. The lowest BCUT2D eigenvalue weighted by Crippen LogP contribution is -2.42. The standard InChI is InChI=1S/C22H24FN3O2S/c1-13-8-14(2)10-25(9-13)22(28)19-15(3)18-20(29-19)24-12-26(21(18)27)11-16-6-4-5-7-17(16)23/h4-7,12-14H,8-11H2,1-3H3. The highest BCUT2D eigenvalue weighted by atomic mass is 32.1. The highest BCUT2D eigenvalue weighted by molar-refractivity contribution is 7.20. The first kappa shape index (κ1) is 19.8. The summed E-state index contributed by atoms with van der Waals surface area (Å²) in [4.78, 5) is 33.7. The van der Waals surface area contributed by atoms with E-state index in [0.717, 1.165) is 19.5 Å². The zero-order valence-corrected chi connectivity index (χ0v) is 17.6. The van der Waals surface area contributed by atoms with Crippen LogP contribution < -0.4 is 5.56 Å². The number of amides is 1. The van der Waals surface area contributed by atoms with Crippen LogP contribution in [-0.4, -0.2) is 33.4 Å². The summed E-state index contributed by atoms with van der Waals surface area (Å²) in [6.45, 7) is 7.71. The van der Waals surface area contributed by atoms with Crippen LogP contribution in [0.15, 0.2) is 35.4 Å². The van der Waals surface area contributed by atoms with E-state index in [1.54, 1.807) is 25.1 Å². The first-order valence-corrected chi connectivity index (χ1v) is 10.7. The molecule has 1 fully saturated rings. The molecule has 2 unspecified atom stereocenters. The summed E-state index contributed by atoms with van der Waals surface area (Å²) >= 11 is 1.27. The lowest BCUT2D eigenvalue weighted by atomic mass is 9.92. The second kappa shape index (κ2) is 7.71. The average Bonchev–Trinajstić information content (AvgIpc) is 3.01. The van der Waals surface area contributed by atoms with Gasteiger partial charge in [0.2, 0.25) is 0 Å². The average molecular weight is 414 g/mol. The topological polar surface area (TPSA) is 55.2 Å². The Bertz CT molecular complexity index is 1130. The fourth-order valence-electron chi connectivity index (χ4n) is 4.26. The van der Waals surface area contributed by atoms with Crippen molar-refractivity contribution in [2.45, 2.75) is 33.7 Å². The minimum Gasteiger partial charge on any atom is -0.337 e. The number of rotatable bonds is 3. The van der Waals surface area contributed by atoms with Crippen LogP contribution >= 0.6 is 11.3 Å². The van der Waals surface area contributed by atoms with Gasteiger partial charge in [-0.3, -0.25) is 14.2 Å². The Kier molecular flexibility index (Phi) is 5.25. The molecule has 1 aliphatic rings. The molecule has 3 aromatic rings. The molecule has 5 nitrogen and oxygen atoms in total. The van der Waals surface area contributed by atoms with Crippen LogP contribution in [0.2, 0.25) is 0 Å². The monoisotopic (exact) mass is 413 g/mol. The van der Waals surface area contributed by atoms with E-state index >= 15 is 0 Å². The van der Waals surface area contributed by atoms with Gasteiger partial charge in [-0.2, -0.15) is 0 Å². The number of nitrogens with zero attached hydrogens (tertiary/aromatic N) is 3. The third-order valence-electron chi connectivity index (χ3n) is 5.57. The molecule has 0 saturated carbocycles. The summed E-state index contributed by atoms with van der Waals surface area (Å²) in [5.74, 6) is 0.553. The number of aryl methyl sites for hydroxylation is 1. The Balaban J connectivity index is 1.71. The third-order valence-corrected chi connectivity index (χ3v) is 6.75. The van der Waals surface area contributed by atoms with E-state index < -0.39 is 0 Å². The van der Waals surface area contributed by atoms with Crippen LogP contribution in [-0.2, 0) is 6.54 Å². The first-order chi connectivity index (χ1) is 13.8. The maximum Gasteiger partial charge on any atom is 0.264 e. The minimum absolute atomic E-state index is 0.0241. The SMILES string of the molecule is Cc1c(C(=O)N2CC(C)CC(C)C2)sc2ncn(Cc3ccccc3F)c(=O)c12. The quantitative estimate of drug-likeness (QED) is 0.650. The number of hydrogen-bond donors (Lipinski definition) is 0. The molecule has 0 spiro atoms. The van der Waals surface area contributed by atoms with Gasteiger partial charge >= 0.3 is 0 Å². The van der Waals surface area contributed by atoms with Crippen molar-refractivity contribution in [2.24, 2.45) is 11.8 Å². The number of benzene rings is 1. The van der Waals surface area contributed by atoms with Crippen molar-refractivity contribution in [3.8, 4) is 0 Å². The van der Waals surface area contributed by atoms with Gasteiger partial charge < -0.3 is 4.90 Å². The van der Waals surface area contributed by atoms with Gasteiger partial charge in [0.25, 0.3) is 11.5 Å². The molecule has 3 heterocycles. The second-order valence-electron chi connectivity index (χ2n) is 8.16. The van der Waals surface area contributed by atoms with E-state index in [2.05, 4.69) is 18.8 Å². The van der Waals surface area contributed by atoms with E-state index in [1.807, 2.05) is 4.90 Å². The van der Waals surface area contributed by atoms with Gasteiger partial charge in [0, 0.05) is 18.7 Å². The fraction of sp³-hybridized carbons (Fsp3) is 0.409. The van der Waals surface area contributed by atoms with Gasteiger partial charge in [0.1, 0.15) is 10.6 Å². The maximum atomic E-state index is 14.0. The molecule has 2 aromatic heterocycles. The number of thiophene rings is 1. The van der Waals surface area contributed by atoms with Crippen molar-refractivity contribution < 1.29 is 9.18 Å². The third kappa shape index (κ3) is 3.71. The van der Waals surface area contributed by atoms with Crippen LogP contribution in [0.4, 0.5) is 4.39 Å². The molecule has 152 valence electrons. The Labute approximate surface area is 172 Å². The van der Waals surface area contributed by atoms with Gasteiger partial charge in [-0.1, -0.05) is 32.0 Å². The molecular weight excluding hydrogens is 389 g/mol. The summed E-state index contributed by atoms with van der Waals surface area (Å²) in [5, 5.41) is 0.454. The lowest BCUT2D eigenvalue weighted by Gasteiger charge is -2.34. The maximum absolute atomic E-state index is 14.0. The molecule has 7 heteroatoms. The van der Waals surface area contributed by atoms with Gasteiger partial charge in [0.05, 0.1) is 23.1 Å². The highest BCUT2D eigenvalue weighted by Gasteiger charge is 2.29. The predicted molar refractivity (Wildman–Crippen MR) is 113 cm³/mol. The number of carbonyl (C=O) groups is 1. The summed E-state index contributed by atoms with van der Waals surface area (Å²) in [5.41, 5.74) is 0.851. The fourth-order valence-corrected chi connectivity index (χ4v) is 5.37. The van der Waals surface area contributed by atoms with Crippen molar-refractivity contribution in [3.63, 3.8) is 0 Å². The van der Waals surface area contributed by atoms with Crippen LogP contribution in [0.5, 0.6) is 0 Å². The largest absolute Gasteiger partial charge is 0.337 e. The summed E-state index contributed by atoms with van der Waals surface area (Å²) in [6.07, 6.45) is 2.56. The molecule has 2 atom stereocenters. The summed E-state index contributed by atoms with van der Waals surface area (Å²) < 4.78 is 15.4. The summed E-state index contributed by atoms with van der Waals surface area (Å²) in [6, 6.07) is 6.38. The van der Waals surface area contributed by atoms with Crippen LogP contribution in [0.3, 0.4) is 0 Å². The zero-order valence-electron chi connectivity index (χ0n) is 16.8. The molecule has 0 N–H and O–H groups in total. The zero-order chi connectivity index (χ0) is 20.7. The molecule has 0 aliphatic carbocycles. The number of halogens is 1. The van der Waals surface area contributed by atoms with E-state index in [-0.39, 0.29) is 23.8 Å². The normalized spacial score (nSPS) is 19.7. The molecule has 1 saturated heterocycles. The molecule has 1 aliphatic heterocycles. The van der Waals surface area contributed by atoms with Gasteiger partial charge in [-0.25, -0.2) is 9.37 Å². The Hall–Kier alpha value is -2.54. The molecule has 1 aromatic carbocycles. The predicted octanol–water partition coefficient (Wildman–Crippen LogP) is 4.07. The molecular formula is C22H24FN3O2S. The number of fused-ring (bicyclic) bond motifs is 1. The van der Waals surface area contributed by atoms with E-state index in [1.165, 1.54) is 28.3 Å². The number of likely N-dealkylation sites (tertiary alicyclic amines) is 1. The van der Waals surface area contributed by atoms with Crippen LogP contribution in [0.1, 0.15) is 41.1 Å². The smallest absolute Gasteiger partial charge is 0.264 e.